The molecule has 4 nitrogen and oxygen atoms in total. The third-order valence-corrected chi connectivity index (χ3v) is 4.00. The normalized spacial score (nSPS) is 11.4. The van der Waals surface area contributed by atoms with Gasteiger partial charge in [0.1, 0.15) is 5.56 Å². The molecule has 22 heavy (non-hydrogen) atoms. The summed E-state index contributed by atoms with van der Waals surface area (Å²) in [6.45, 7) is 5.21. The first-order chi connectivity index (χ1) is 10.3. The molecule has 0 atom stereocenters. The quantitative estimate of drug-likeness (QED) is 0.938. The fraction of sp³-hybridized carbons (Fsp3) is 0.375. The van der Waals surface area contributed by atoms with Crippen molar-refractivity contribution in [2.45, 2.75) is 39.7 Å². The summed E-state index contributed by atoms with van der Waals surface area (Å²) >= 11 is 0. The second-order valence-electron chi connectivity index (χ2n) is 5.25. The average molecular weight is 309 g/mol. The molecule has 1 N–H and O–H groups in total. The summed E-state index contributed by atoms with van der Waals surface area (Å²) < 4.78 is 29.1. The van der Waals surface area contributed by atoms with Crippen molar-refractivity contribution >= 4 is 16.9 Å². The van der Waals surface area contributed by atoms with Crippen LogP contribution in [-0.2, 0) is 0 Å². The summed E-state index contributed by atoms with van der Waals surface area (Å²) in [5.41, 5.74) is -0.977. The predicted octanol–water partition coefficient (Wildman–Crippen LogP) is 3.65. The van der Waals surface area contributed by atoms with Crippen molar-refractivity contribution < 1.29 is 18.7 Å². The van der Waals surface area contributed by atoms with Crippen LogP contribution < -0.4 is 5.43 Å². The van der Waals surface area contributed by atoms with Crippen LogP contribution in [-0.4, -0.2) is 15.6 Å². The minimum atomic E-state index is -1.38. The SMILES string of the molecule is CCC(CC)n1cc(C(=O)O)c(=O)c2cc(F)c(F)c(C)c21. The Hall–Kier alpha value is -2.24. The lowest BCUT2D eigenvalue weighted by molar-refractivity contribution is 0.0694. The topological polar surface area (TPSA) is 59.3 Å². The number of aromatic carboxylic acids is 1. The Balaban J connectivity index is 3.05. The van der Waals surface area contributed by atoms with Gasteiger partial charge in [0.25, 0.3) is 0 Å². The highest BCUT2D eigenvalue weighted by atomic mass is 19.2. The maximum Gasteiger partial charge on any atom is 0.341 e. The number of carboxylic acids is 1. The van der Waals surface area contributed by atoms with Gasteiger partial charge in [0.05, 0.1) is 5.52 Å². The number of aryl methyl sites for hydroxylation is 1. The van der Waals surface area contributed by atoms with E-state index in [2.05, 4.69) is 0 Å². The Morgan fingerprint density at radius 1 is 1.32 bits per heavy atom. The van der Waals surface area contributed by atoms with Crippen molar-refractivity contribution in [3.63, 3.8) is 0 Å². The molecule has 0 amide bonds. The minimum absolute atomic E-state index is 0.0101. The van der Waals surface area contributed by atoms with Crippen LogP contribution in [0, 0.1) is 18.6 Å². The zero-order valence-electron chi connectivity index (χ0n) is 12.6. The first kappa shape index (κ1) is 16.1. The van der Waals surface area contributed by atoms with Crippen LogP contribution in [0.2, 0.25) is 0 Å². The Morgan fingerprint density at radius 3 is 2.41 bits per heavy atom. The molecular weight excluding hydrogens is 292 g/mol. The van der Waals surface area contributed by atoms with Crippen LogP contribution in [0.1, 0.15) is 48.7 Å². The summed E-state index contributed by atoms with van der Waals surface area (Å²) in [4.78, 5) is 23.5. The summed E-state index contributed by atoms with van der Waals surface area (Å²) in [6.07, 6.45) is 2.58. The van der Waals surface area contributed by atoms with Crippen LogP contribution in [0.15, 0.2) is 17.1 Å². The first-order valence-electron chi connectivity index (χ1n) is 7.10. The van der Waals surface area contributed by atoms with Gasteiger partial charge in [-0.1, -0.05) is 13.8 Å². The van der Waals surface area contributed by atoms with E-state index in [0.29, 0.717) is 12.8 Å². The van der Waals surface area contributed by atoms with Crippen LogP contribution in [0.4, 0.5) is 8.78 Å². The molecule has 0 spiro atoms. The first-order valence-corrected chi connectivity index (χ1v) is 7.10. The lowest BCUT2D eigenvalue weighted by Gasteiger charge is -2.22. The fourth-order valence-electron chi connectivity index (χ4n) is 2.78. The summed E-state index contributed by atoms with van der Waals surface area (Å²) in [5, 5.41) is 9.08. The minimum Gasteiger partial charge on any atom is -0.477 e. The lowest BCUT2D eigenvalue weighted by atomic mass is 10.0. The molecule has 1 aromatic carbocycles. The van der Waals surface area contributed by atoms with Gasteiger partial charge in [-0.05, 0) is 25.8 Å². The second-order valence-corrected chi connectivity index (χ2v) is 5.25. The molecule has 0 aliphatic carbocycles. The number of fused-ring (bicyclic) bond motifs is 1. The maximum atomic E-state index is 13.9. The van der Waals surface area contributed by atoms with E-state index in [9.17, 15) is 23.5 Å². The van der Waals surface area contributed by atoms with Gasteiger partial charge in [-0.25, -0.2) is 13.6 Å². The molecular formula is C16H17F2NO3. The third kappa shape index (κ3) is 2.38. The van der Waals surface area contributed by atoms with Crippen molar-refractivity contribution in [1.82, 2.24) is 4.57 Å². The molecule has 0 fully saturated rings. The fourth-order valence-corrected chi connectivity index (χ4v) is 2.78. The molecule has 0 saturated heterocycles. The number of pyridine rings is 1. The number of rotatable bonds is 4. The van der Waals surface area contributed by atoms with E-state index in [4.69, 9.17) is 0 Å². The number of benzene rings is 1. The highest BCUT2D eigenvalue weighted by Gasteiger charge is 2.22. The summed E-state index contributed by atoms with van der Waals surface area (Å²) in [5.74, 6) is -3.55. The molecule has 6 heteroatoms. The number of hydrogen-bond acceptors (Lipinski definition) is 2. The second kappa shape index (κ2) is 5.87. The molecule has 0 saturated carbocycles. The van der Waals surface area contributed by atoms with Gasteiger partial charge in [-0.3, -0.25) is 4.79 Å². The van der Waals surface area contributed by atoms with Gasteiger partial charge in [-0.15, -0.1) is 0 Å². The van der Waals surface area contributed by atoms with E-state index in [1.807, 2.05) is 13.8 Å². The zero-order chi connectivity index (χ0) is 16.6. The van der Waals surface area contributed by atoms with Crippen LogP contribution in [0.3, 0.4) is 0 Å². The molecule has 0 aliphatic heterocycles. The van der Waals surface area contributed by atoms with E-state index in [1.54, 1.807) is 4.57 Å². The van der Waals surface area contributed by atoms with Gasteiger partial charge in [0.15, 0.2) is 11.6 Å². The molecule has 0 aliphatic rings. The monoisotopic (exact) mass is 309 g/mol. The standard InChI is InChI=1S/C16H17F2NO3/c1-4-9(5-2)19-7-11(16(21)22)15(20)10-6-12(17)13(18)8(3)14(10)19/h6-7,9H,4-5H2,1-3H3,(H,21,22). The van der Waals surface area contributed by atoms with Crippen LogP contribution in [0.25, 0.3) is 10.9 Å². The average Bonchev–Trinajstić information content (AvgIpc) is 2.48. The lowest BCUT2D eigenvalue weighted by Crippen LogP contribution is -2.22. The molecule has 2 rings (SSSR count). The molecule has 0 unspecified atom stereocenters. The van der Waals surface area contributed by atoms with Gasteiger partial charge >= 0.3 is 5.97 Å². The van der Waals surface area contributed by atoms with E-state index in [-0.39, 0.29) is 22.5 Å². The Kier molecular flexibility index (Phi) is 4.30. The maximum absolute atomic E-state index is 13.9. The molecule has 1 aromatic heterocycles. The van der Waals surface area contributed by atoms with E-state index >= 15 is 0 Å². The van der Waals surface area contributed by atoms with E-state index in [1.165, 1.54) is 13.1 Å². The molecule has 118 valence electrons. The van der Waals surface area contributed by atoms with Crippen molar-refractivity contribution in [3.05, 3.63) is 45.2 Å². The third-order valence-electron chi connectivity index (χ3n) is 4.00. The summed E-state index contributed by atoms with van der Waals surface area (Å²) in [6, 6.07) is 0.676. The van der Waals surface area contributed by atoms with Gasteiger partial charge < -0.3 is 9.67 Å². The zero-order valence-corrected chi connectivity index (χ0v) is 12.6. The van der Waals surface area contributed by atoms with Crippen molar-refractivity contribution in [2.75, 3.05) is 0 Å². The number of aromatic nitrogens is 1. The Bertz CT molecular complexity index is 807. The number of halogens is 2. The van der Waals surface area contributed by atoms with Gasteiger partial charge in [-0.2, -0.15) is 0 Å². The highest BCUT2D eigenvalue weighted by molar-refractivity contribution is 5.93. The number of hydrogen-bond donors (Lipinski definition) is 1. The predicted molar refractivity (Wildman–Crippen MR) is 79.4 cm³/mol. The van der Waals surface area contributed by atoms with E-state index in [0.717, 1.165) is 6.07 Å². The van der Waals surface area contributed by atoms with Crippen molar-refractivity contribution in [3.8, 4) is 0 Å². The van der Waals surface area contributed by atoms with Crippen molar-refractivity contribution in [2.24, 2.45) is 0 Å². The molecule has 2 aromatic rings. The highest BCUT2D eigenvalue weighted by Crippen LogP contribution is 2.27. The Labute approximate surface area is 126 Å². The molecule has 0 radical (unpaired) electrons. The van der Waals surface area contributed by atoms with Crippen LogP contribution >= 0.6 is 0 Å². The number of nitrogens with zero attached hydrogens (tertiary/aromatic N) is 1. The molecule has 1 heterocycles. The van der Waals surface area contributed by atoms with E-state index < -0.39 is 28.6 Å². The largest absolute Gasteiger partial charge is 0.477 e. The van der Waals surface area contributed by atoms with Gasteiger partial charge in [0.2, 0.25) is 5.43 Å². The smallest absolute Gasteiger partial charge is 0.341 e. The molecule has 0 bridgehead atoms. The summed E-state index contributed by atoms with van der Waals surface area (Å²) in [7, 11) is 0. The Morgan fingerprint density at radius 2 is 1.91 bits per heavy atom. The van der Waals surface area contributed by atoms with Gasteiger partial charge in [0, 0.05) is 23.2 Å². The number of carboxylic acid groups (broad SMARTS) is 1. The van der Waals surface area contributed by atoms with Crippen molar-refractivity contribution in [1.29, 1.82) is 0 Å². The van der Waals surface area contributed by atoms with Crippen LogP contribution in [0.5, 0.6) is 0 Å². The number of carbonyl (C=O) groups is 1.